The molecule has 0 radical (unpaired) electrons. The van der Waals surface area contributed by atoms with Crippen LogP contribution in [-0.2, 0) is 11.2 Å². The fraction of sp³-hybridized carbons (Fsp3) is 0.188. The van der Waals surface area contributed by atoms with Crippen LogP contribution in [-0.4, -0.2) is 28.0 Å². The summed E-state index contributed by atoms with van der Waals surface area (Å²) in [5, 5.41) is 11.8. The molecule has 0 aliphatic rings. The minimum Gasteiger partial charge on any atom is -0.480 e. The number of nitrogens with zero attached hydrogens (tertiary/aromatic N) is 1. The SMILES string of the molecule is Cc1ccc(C(=O)NC(Cc2ccccc2)C(=O)O)cn1. The van der Waals surface area contributed by atoms with Gasteiger partial charge in [-0.1, -0.05) is 30.3 Å². The first-order valence-corrected chi connectivity index (χ1v) is 6.56. The van der Waals surface area contributed by atoms with Gasteiger partial charge in [0.15, 0.2) is 0 Å². The predicted octanol–water partition coefficient (Wildman–Crippen LogP) is 1.82. The molecule has 2 rings (SSSR count). The van der Waals surface area contributed by atoms with E-state index in [1.54, 1.807) is 12.1 Å². The number of carboxylic acids is 1. The highest BCUT2D eigenvalue weighted by atomic mass is 16.4. The first-order valence-electron chi connectivity index (χ1n) is 6.56. The Bertz CT molecular complexity index is 624. The number of pyridine rings is 1. The topological polar surface area (TPSA) is 79.3 Å². The quantitative estimate of drug-likeness (QED) is 0.877. The molecule has 0 saturated carbocycles. The van der Waals surface area contributed by atoms with E-state index in [0.717, 1.165) is 11.3 Å². The minimum absolute atomic E-state index is 0.237. The van der Waals surface area contributed by atoms with E-state index >= 15 is 0 Å². The Morgan fingerprint density at radius 3 is 2.48 bits per heavy atom. The molecule has 0 bridgehead atoms. The van der Waals surface area contributed by atoms with Gasteiger partial charge in [-0.25, -0.2) is 4.79 Å². The van der Waals surface area contributed by atoms with Crippen molar-refractivity contribution in [2.24, 2.45) is 0 Å². The Kier molecular flexibility index (Phi) is 4.66. The molecule has 108 valence electrons. The highest BCUT2D eigenvalue weighted by Crippen LogP contribution is 2.05. The van der Waals surface area contributed by atoms with E-state index in [1.165, 1.54) is 6.20 Å². The zero-order chi connectivity index (χ0) is 15.2. The van der Waals surface area contributed by atoms with Crippen molar-refractivity contribution in [1.29, 1.82) is 0 Å². The zero-order valence-corrected chi connectivity index (χ0v) is 11.6. The monoisotopic (exact) mass is 284 g/mol. The Hall–Kier alpha value is -2.69. The summed E-state index contributed by atoms with van der Waals surface area (Å²) in [7, 11) is 0. The normalized spacial score (nSPS) is 11.7. The summed E-state index contributed by atoms with van der Waals surface area (Å²) < 4.78 is 0. The number of carboxylic acid groups (broad SMARTS) is 1. The number of carbonyl (C=O) groups is 2. The number of rotatable bonds is 5. The third kappa shape index (κ3) is 4.14. The van der Waals surface area contributed by atoms with Crippen LogP contribution in [0.1, 0.15) is 21.6 Å². The molecule has 1 atom stereocenters. The van der Waals surface area contributed by atoms with Crippen LogP contribution in [0, 0.1) is 6.92 Å². The smallest absolute Gasteiger partial charge is 0.326 e. The van der Waals surface area contributed by atoms with Crippen LogP contribution in [0.4, 0.5) is 0 Å². The van der Waals surface area contributed by atoms with Crippen molar-refractivity contribution in [2.45, 2.75) is 19.4 Å². The lowest BCUT2D eigenvalue weighted by molar-refractivity contribution is -0.139. The van der Waals surface area contributed by atoms with Crippen LogP contribution < -0.4 is 5.32 Å². The maximum absolute atomic E-state index is 12.0. The van der Waals surface area contributed by atoms with E-state index in [2.05, 4.69) is 10.3 Å². The van der Waals surface area contributed by atoms with Crippen LogP contribution >= 0.6 is 0 Å². The number of carbonyl (C=O) groups excluding carboxylic acids is 1. The lowest BCUT2D eigenvalue weighted by Gasteiger charge is -2.14. The molecule has 0 aliphatic heterocycles. The minimum atomic E-state index is -1.06. The van der Waals surface area contributed by atoms with E-state index in [9.17, 15) is 14.7 Å². The molecule has 0 spiro atoms. The summed E-state index contributed by atoms with van der Waals surface area (Å²) in [5.41, 5.74) is 2.00. The predicted molar refractivity (Wildman–Crippen MR) is 78.0 cm³/mol. The average molecular weight is 284 g/mol. The average Bonchev–Trinajstić information content (AvgIpc) is 2.48. The fourth-order valence-electron chi connectivity index (χ4n) is 1.89. The van der Waals surface area contributed by atoms with Gasteiger partial charge in [0.25, 0.3) is 5.91 Å². The number of aryl methyl sites for hydroxylation is 1. The molecule has 1 aromatic carbocycles. The third-order valence-corrected chi connectivity index (χ3v) is 3.06. The molecule has 0 saturated heterocycles. The second kappa shape index (κ2) is 6.65. The second-order valence-corrected chi connectivity index (χ2v) is 4.74. The molecule has 5 nitrogen and oxygen atoms in total. The van der Waals surface area contributed by atoms with E-state index in [1.807, 2.05) is 37.3 Å². The molecule has 1 heterocycles. The Morgan fingerprint density at radius 2 is 1.90 bits per heavy atom. The highest BCUT2D eigenvalue weighted by Gasteiger charge is 2.21. The first-order chi connectivity index (χ1) is 10.1. The Labute approximate surface area is 122 Å². The summed E-state index contributed by atoms with van der Waals surface area (Å²) in [6.07, 6.45) is 1.67. The highest BCUT2D eigenvalue weighted by molar-refractivity contribution is 5.96. The molecule has 1 amide bonds. The third-order valence-electron chi connectivity index (χ3n) is 3.06. The molecular weight excluding hydrogens is 268 g/mol. The Balaban J connectivity index is 2.07. The van der Waals surface area contributed by atoms with Gasteiger partial charge in [-0.15, -0.1) is 0 Å². The molecule has 2 aromatic rings. The molecule has 21 heavy (non-hydrogen) atoms. The number of hydrogen-bond acceptors (Lipinski definition) is 3. The lowest BCUT2D eigenvalue weighted by Crippen LogP contribution is -2.42. The van der Waals surface area contributed by atoms with Gasteiger partial charge in [-0.3, -0.25) is 9.78 Å². The van der Waals surface area contributed by atoms with Crippen molar-refractivity contribution in [1.82, 2.24) is 10.3 Å². The van der Waals surface area contributed by atoms with Gasteiger partial charge >= 0.3 is 5.97 Å². The summed E-state index contributed by atoms with van der Waals surface area (Å²) >= 11 is 0. The van der Waals surface area contributed by atoms with E-state index in [4.69, 9.17) is 0 Å². The molecule has 5 heteroatoms. The van der Waals surface area contributed by atoms with Crippen molar-refractivity contribution >= 4 is 11.9 Å². The molecular formula is C16H16N2O3. The van der Waals surface area contributed by atoms with Gasteiger partial charge in [0.05, 0.1) is 5.56 Å². The standard InChI is InChI=1S/C16H16N2O3/c1-11-7-8-13(10-17-11)15(19)18-14(16(20)21)9-12-5-3-2-4-6-12/h2-8,10,14H,9H2,1H3,(H,18,19)(H,20,21). The largest absolute Gasteiger partial charge is 0.480 e. The number of aliphatic carboxylic acids is 1. The van der Waals surface area contributed by atoms with E-state index < -0.39 is 17.9 Å². The molecule has 1 aromatic heterocycles. The molecule has 0 aliphatic carbocycles. The van der Waals surface area contributed by atoms with Crippen molar-refractivity contribution in [3.63, 3.8) is 0 Å². The van der Waals surface area contributed by atoms with Gasteiger partial charge in [-0.05, 0) is 24.6 Å². The van der Waals surface area contributed by atoms with Crippen molar-refractivity contribution in [2.75, 3.05) is 0 Å². The van der Waals surface area contributed by atoms with Crippen molar-refractivity contribution in [3.05, 3.63) is 65.5 Å². The van der Waals surface area contributed by atoms with Gasteiger partial charge in [-0.2, -0.15) is 0 Å². The summed E-state index contributed by atoms with van der Waals surface area (Å²) in [6, 6.07) is 11.5. The maximum Gasteiger partial charge on any atom is 0.326 e. The van der Waals surface area contributed by atoms with Gasteiger partial charge in [0, 0.05) is 18.3 Å². The number of nitrogens with one attached hydrogen (secondary N) is 1. The molecule has 1 unspecified atom stereocenters. The van der Waals surface area contributed by atoms with Crippen LogP contribution in [0.15, 0.2) is 48.7 Å². The Morgan fingerprint density at radius 1 is 1.19 bits per heavy atom. The molecule has 2 N–H and O–H groups in total. The molecule has 0 fully saturated rings. The van der Waals surface area contributed by atoms with E-state index in [0.29, 0.717) is 5.56 Å². The van der Waals surface area contributed by atoms with Gasteiger partial charge < -0.3 is 10.4 Å². The maximum atomic E-state index is 12.0. The van der Waals surface area contributed by atoms with Crippen molar-refractivity contribution < 1.29 is 14.7 Å². The number of benzene rings is 1. The lowest BCUT2D eigenvalue weighted by atomic mass is 10.1. The number of hydrogen-bond donors (Lipinski definition) is 2. The zero-order valence-electron chi connectivity index (χ0n) is 11.6. The van der Waals surface area contributed by atoms with Crippen LogP contribution in [0.25, 0.3) is 0 Å². The number of amides is 1. The van der Waals surface area contributed by atoms with Gasteiger partial charge in [0.2, 0.25) is 0 Å². The first kappa shape index (κ1) is 14.7. The summed E-state index contributed by atoms with van der Waals surface area (Å²) in [4.78, 5) is 27.4. The van der Waals surface area contributed by atoms with Crippen LogP contribution in [0.2, 0.25) is 0 Å². The van der Waals surface area contributed by atoms with Crippen LogP contribution in [0.3, 0.4) is 0 Å². The van der Waals surface area contributed by atoms with Crippen LogP contribution in [0.5, 0.6) is 0 Å². The second-order valence-electron chi connectivity index (χ2n) is 4.74. The van der Waals surface area contributed by atoms with E-state index in [-0.39, 0.29) is 6.42 Å². The fourth-order valence-corrected chi connectivity index (χ4v) is 1.89. The van der Waals surface area contributed by atoms with Gasteiger partial charge in [0.1, 0.15) is 6.04 Å². The van der Waals surface area contributed by atoms with Crippen molar-refractivity contribution in [3.8, 4) is 0 Å². The summed E-state index contributed by atoms with van der Waals surface area (Å²) in [6.45, 7) is 1.82. The summed E-state index contributed by atoms with van der Waals surface area (Å²) in [5.74, 6) is -1.50. The number of aromatic nitrogens is 1.